The molecule has 2 N–H and O–H groups in total. The molecule has 11 heteroatoms. The van der Waals surface area contributed by atoms with Gasteiger partial charge in [-0.15, -0.1) is 0 Å². The molecule has 0 aliphatic carbocycles. The lowest BCUT2D eigenvalue weighted by Gasteiger charge is -1.94. The summed E-state index contributed by atoms with van der Waals surface area (Å²) < 4.78 is 65.7. The highest BCUT2D eigenvalue weighted by Crippen LogP contribution is 1.89. The van der Waals surface area contributed by atoms with E-state index in [9.17, 15) is 8.42 Å². The van der Waals surface area contributed by atoms with E-state index in [1.165, 1.54) is 0 Å². The van der Waals surface area contributed by atoms with Crippen molar-refractivity contribution in [2.24, 2.45) is 0 Å². The van der Waals surface area contributed by atoms with Crippen molar-refractivity contribution in [2.45, 2.75) is 13.0 Å². The van der Waals surface area contributed by atoms with E-state index in [-0.39, 0.29) is 5.75 Å². The molecule has 0 amide bonds. The van der Waals surface area contributed by atoms with E-state index in [0.29, 0.717) is 13.0 Å². The van der Waals surface area contributed by atoms with Crippen LogP contribution >= 0.6 is 0 Å². The van der Waals surface area contributed by atoms with Crippen LogP contribution in [-0.4, -0.2) is 40.8 Å². The first-order valence-corrected chi connectivity index (χ1v) is 7.81. The van der Waals surface area contributed by atoms with Crippen LogP contribution in [0.1, 0.15) is 6.42 Å². The zero-order chi connectivity index (χ0) is 15.1. The van der Waals surface area contributed by atoms with Crippen LogP contribution in [0.15, 0.2) is 25.3 Å². The molecule has 0 fully saturated rings. The summed E-state index contributed by atoms with van der Waals surface area (Å²) in [4.78, 5) is 0. The van der Waals surface area contributed by atoms with Gasteiger partial charge in [0, 0.05) is 6.42 Å². The number of imidazole rings is 1. The van der Waals surface area contributed by atoms with Gasteiger partial charge in [-0.3, -0.25) is 9.11 Å². The van der Waals surface area contributed by atoms with Crippen LogP contribution in [0, 0.1) is 0 Å². The average Bonchev–Trinajstić information content (AvgIpc) is 2.61. The molecule has 1 rings (SSSR count). The molecule has 0 atom stereocenters. The minimum atomic E-state index is -4.92. The Morgan fingerprint density at radius 2 is 1.84 bits per heavy atom. The van der Waals surface area contributed by atoms with Crippen LogP contribution in [-0.2, 0) is 27.1 Å². The highest BCUT2D eigenvalue weighted by atomic mass is 32.3. The summed E-state index contributed by atoms with van der Waals surface area (Å²) in [5.74, 6) is -0.209. The maximum atomic E-state index is 10.4. The lowest BCUT2D eigenvalue weighted by atomic mass is 10.5. The van der Waals surface area contributed by atoms with Crippen molar-refractivity contribution in [1.82, 2.24) is 4.57 Å². The Labute approximate surface area is 111 Å². The molecule has 1 aromatic heterocycles. The number of hydrogen-bond donors (Lipinski definition) is 2. The van der Waals surface area contributed by atoms with Gasteiger partial charge < -0.3 is 4.55 Å². The molecular weight excluding hydrogens is 300 g/mol. The minimum Gasteiger partial charge on any atom is -0.726 e. The van der Waals surface area contributed by atoms with Gasteiger partial charge >= 0.3 is 0 Å². The summed E-state index contributed by atoms with van der Waals surface area (Å²) in [6, 6.07) is 0. The molecule has 9 nitrogen and oxygen atoms in total. The lowest BCUT2D eigenvalue weighted by Crippen LogP contribution is -2.31. The summed E-state index contributed by atoms with van der Waals surface area (Å²) in [6.07, 6.45) is 7.44. The van der Waals surface area contributed by atoms with E-state index in [1.54, 1.807) is 23.3 Å². The van der Waals surface area contributed by atoms with Gasteiger partial charge in [0.1, 0.15) is 12.4 Å². The molecule has 0 aliphatic rings. The van der Waals surface area contributed by atoms with Crippen LogP contribution in [0.2, 0.25) is 0 Å². The van der Waals surface area contributed by atoms with E-state index in [0.717, 1.165) is 0 Å². The van der Waals surface area contributed by atoms with E-state index >= 15 is 0 Å². The second-order valence-corrected chi connectivity index (χ2v) is 5.78. The lowest BCUT2D eigenvalue weighted by molar-refractivity contribution is -0.696. The summed E-state index contributed by atoms with van der Waals surface area (Å²) in [7, 11) is -8.75. The smallest absolute Gasteiger partial charge is 0.265 e. The van der Waals surface area contributed by atoms with Crippen molar-refractivity contribution in [3.05, 3.63) is 25.3 Å². The topological polar surface area (TPSA) is 141 Å². The molecule has 1 heterocycles. The van der Waals surface area contributed by atoms with Crippen molar-refractivity contribution < 1.29 is 35.1 Å². The minimum absolute atomic E-state index is 0.209. The van der Waals surface area contributed by atoms with Gasteiger partial charge in [0.05, 0.1) is 18.5 Å². The van der Waals surface area contributed by atoms with Crippen molar-refractivity contribution in [1.29, 1.82) is 0 Å². The Hall–Kier alpha value is -1.27. The summed E-state index contributed by atoms with van der Waals surface area (Å²) in [5.41, 5.74) is 0. The number of aryl methyl sites for hydroxylation is 1. The Morgan fingerprint density at radius 1 is 1.32 bits per heavy atom. The van der Waals surface area contributed by atoms with E-state index in [4.69, 9.17) is 22.1 Å². The SMILES string of the molecule is C=Cn1cc[n+](CCCS(=O)(=O)O)c1.O=S(=O)([O-])O. The Kier molecular flexibility index (Phi) is 6.86. The Morgan fingerprint density at radius 3 is 2.21 bits per heavy atom. The van der Waals surface area contributed by atoms with E-state index in [1.807, 2.05) is 10.8 Å². The fraction of sp³-hybridized carbons (Fsp3) is 0.375. The fourth-order valence-electron chi connectivity index (χ4n) is 1.08. The van der Waals surface area contributed by atoms with Gasteiger partial charge in [0.15, 0.2) is 0 Å². The molecule has 110 valence electrons. The molecule has 19 heavy (non-hydrogen) atoms. The number of aromatic nitrogens is 2. The third kappa shape index (κ3) is 13.0. The first-order chi connectivity index (χ1) is 8.51. The van der Waals surface area contributed by atoms with Gasteiger partial charge in [-0.05, 0) is 0 Å². The Bertz CT molecular complexity index is 595. The summed E-state index contributed by atoms with van der Waals surface area (Å²) in [6.45, 7) is 4.13. The van der Waals surface area contributed by atoms with Gasteiger partial charge in [0.2, 0.25) is 16.7 Å². The second-order valence-electron chi connectivity index (χ2n) is 3.35. The van der Waals surface area contributed by atoms with Gasteiger partial charge in [-0.25, -0.2) is 17.6 Å². The zero-order valence-electron chi connectivity index (χ0n) is 9.78. The van der Waals surface area contributed by atoms with Gasteiger partial charge in [-0.1, -0.05) is 6.58 Å². The van der Waals surface area contributed by atoms with Crippen LogP contribution < -0.4 is 4.57 Å². The quantitative estimate of drug-likeness (QED) is 0.410. The first kappa shape index (κ1) is 17.7. The largest absolute Gasteiger partial charge is 0.726 e. The van der Waals surface area contributed by atoms with E-state index < -0.39 is 20.5 Å². The highest BCUT2D eigenvalue weighted by molar-refractivity contribution is 7.85. The first-order valence-electron chi connectivity index (χ1n) is 4.84. The maximum absolute atomic E-state index is 10.4. The molecule has 0 aliphatic heterocycles. The Balaban J connectivity index is 0.000000555. The third-order valence-electron chi connectivity index (χ3n) is 1.74. The molecule has 0 saturated carbocycles. The van der Waals surface area contributed by atoms with Crippen molar-refractivity contribution in [3.8, 4) is 0 Å². The average molecular weight is 314 g/mol. The molecule has 0 radical (unpaired) electrons. The monoisotopic (exact) mass is 314 g/mol. The highest BCUT2D eigenvalue weighted by Gasteiger charge is 2.06. The van der Waals surface area contributed by atoms with Crippen molar-refractivity contribution >= 4 is 26.7 Å². The van der Waals surface area contributed by atoms with Crippen LogP contribution in [0.25, 0.3) is 6.20 Å². The molecule has 0 spiro atoms. The predicted molar refractivity (Wildman–Crippen MR) is 64.4 cm³/mol. The summed E-state index contributed by atoms with van der Waals surface area (Å²) >= 11 is 0. The molecule has 0 unspecified atom stereocenters. The summed E-state index contributed by atoms with van der Waals surface area (Å²) in [5, 5.41) is 0. The van der Waals surface area contributed by atoms with Crippen molar-refractivity contribution in [3.63, 3.8) is 0 Å². The maximum Gasteiger partial charge on any atom is 0.265 e. The van der Waals surface area contributed by atoms with Crippen LogP contribution in [0.5, 0.6) is 0 Å². The molecule has 0 aromatic carbocycles. The van der Waals surface area contributed by atoms with Gasteiger partial charge in [-0.2, -0.15) is 8.42 Å². The molecule has 0 bridgehead atoms. The molecule has 0 saturated heterocycles. The number of hydrogen-bond acceptors (Lipinski definition) is 5. The van der Waals surface area contributed by atoms with Crippen molar-refractivity contribution in [2.75, 3.05) is 5.75 Å². The van der Waals surface area contributed by atoms with Crippen LogP contribution in [0.4, 0.5) is 0 Å². The predicted octanol–water partition coefficient (Wildman–Crippen LogP) is -0.841. The third-order valence-corrected chi connectivity index (χ3v) is 2.55. The normalized spacial score (nSPS) is 11.5. The zero-order valence-corrected chi connectivity index (χ0v) is 11.4. The standard InChI is InChI=1S/C8H12N2O3S.H2O4S/c1-2-9-5-6-10(8-9)4-3-7-14(11,12)13;1-5(2,3)4/h2,5-6,8H,1,3-4,7H2;(H2,1,2,3,4). The number of nitrogens with zero attached hydrogens (tertiary/aromatic N) is 2. The second kappa shape index (κ2) is 7.35. The number of rotatable bonds is 5. The van der Waals surface area contributed by atoms with Gasteiger partial charge in [0.25, 0.3) is 10.1 Å². The molecular formula is C8H14N2O7S2. The molecule has 1 aromatic rings. The van der Waals surface area contributed by atoms with E-state index in [2.05, 4.69) is 6.58 Å². The fourth-order valence-corrected chi connectivity index (χ4v) is 1.57. The van der Waals surface area contributed by atoms with Crippen LogP contribution in [0.3, 0.4) is 0 Å².